The minimum atomic E-state index is 0.598. The van der Waals surface area contributed by atoms with Gasteiger partial charge in [0.15, 0.2) is 6.39 Å². The van der Waals surface area contributed by atoms with Crippen LogP contribution in [0.5, 0.6) is 0 Å². The van der Waals surface area contributed by atoms with E-state index in [-0.39, 0.29) is 0 Å². The lowest BCUT2D eigenvalue weighted by atomic mass is 9.94. The molecule has 0 radical (unpaired) electrons. The van der Waals surface area contributed by atoms with Gasteiger partial charge in [-0.25, -0.2) is 4.98 Å². The second-order valence-electron chi connectivity index (χ2n) is 4.85. The zero-order chi connectivity index (χ0) is 11.4. The van der Waals surface area contributed by atoms with Crippen molar-refractivity contribution in [1.82, 2.24) is 10.3 Å². The molecule has 1 N–H and O–H groups in total. The van der Waals surface area contributed by atoms with Crippen molar-refractivity contribution in [3.05, 3.63) is 17.8 Å². The first-order chi connectivity index (χ1) is 7.83. The van der Waals surface area contributed by atoms with Gasteiger partial charge in [0.25, 0.3) is 0 Å². The molecule has 16 heavy (non-hydrogen) atoms. The molecule has 3 nitrogen and oxygen atoms in total. The number of hydrogen-bond acceptors (Lipinski definition) is 3. The second kappa shape index (κ2) is 5.48. The first kappa shape index (κ1) is 11.6. The van der Waals surface area contributed by atoms with Gasteiger partial charge in [-0.1, -0.05) is 20.3 Å². The van der Waals surface area contributed by atoms with Crippen molar-refractivity contribution in [2.75, 3.05) is 6.54 Å². The molecule has 90 valence electrons. The Morgan fingerprint density at radius 2 is 2.38 bits per heavy atom. The Morgan fingerprint density at radius 1 is 1.50 bits per heavy atom. The lowest BCUT2D eigenvalue weighted by molar-refractivity contribution is 0.408. The Balaban J connectivity index is 2.00. The van der Waals surface area contributed by atoms with E-state index in [1.54, 1.807) is 6.39 Å². The van der Waals surface area contributed by atoms with Gasteiger partial charge in [-0.3, -0.25) is 0 Å². The number of rotatable bonds is 5. The zero-order valence-corrected chi connectivity index (χ0v) is 10.3. The van der Waals surface area contributed by atoms with E-state index in [4.69, 9.17) is 4.42 Å². The Hall–Kier alpha value is -0.830. The third kappa shape index (κ3) is 2.46. The van der Waals surface area contributed by atoms with Crippen LogP contribution in [0.4, 0.5) is 0 Å². The van der Waals surface area contributed by atoms with Crippen molar-refractivity contribution in [3.8, 4) is 0 Å². The highest BCUT2D eigenvalue weighted by molar-refractivity contribution is 5.15. The summed E-state index contributed by atoms with van der Waals surface area (Å²) >= 11 is 0. The van der Waals surface area contributed by atoms with Crippen LogP contribution >= 0.6 is 0 Å². The van der Waals surface area contributed by atoms with Crippen LogP contribution in [0.1, 0.15) is 56.9 Å². The quantitative estimate of drug-likeness (QED) is 0.778. The topological polar surface area (TPSA) is 38.1 Å². The van der Waals surface area contributed by atoms with Crippen molar-refractivity contribution >= 4 is 0 Å². The van der Waals surface area contributed by atoms with E-state index < -0.39 is 0 Å². The molecule has 0 aliphatic heterocycles. The molecule has 0 aromatic carbocycles. The van der Waals surface area contributed by atoms with Crippen molar-refractivity contribution in [2.24, 2.45) is 5.92 Å². The average Bonchev–Trinajstić information content (AvgIpc) is 2.87. The van der Waals surface area contributed by atoms with Gasteiger partial charge < -0.3 is 9.73 Å². The van der Waals surface area contributed by atoms with Gasteiger partial charge >= 0.3 is 0 Å². The Morgan fingerprint density at radius 3 is 3.06 bits per heavy atom. The SMILES string of the molecule is CCCNCc1ncoc1C1CCCC1C. The molecule has 0 spiro atoms. The van der Waals surface area contributed by atoms with Gasteiger partial charge in [0, 0.05) is 12.5 Å². The van der Waals surface area contributed by atoms with Crippen molar-refractivity contribution in [2.45, 2.75) is 52.0 Å². The average molecular weight is 222 g/mol. The molecule has 1 heterocycles. The second-order valence-corrected chi connectivity index (χ2v) is 4.85. The lowest BCUT2D eigenvalue weighted by Gasteiger charge is -2.13. The summed E-state index contributed by atoms with van der Waals surface area (Å²) in [7, 11) is 0. The molecule has 0 saturated heterocycles. The summed E-state index contributed by atoms with van der Waals surface area (Å²) in [5.41, 5.74) is 1.12. The summed E-state index contributed by atoms with van der Waals surface area (Å²) in [6, 6.07) is 0. The number of nitrogens with one attached hydrogen (secondary N) is 1. The molecule has 1 aliphatic carbocycles. The molecule has 0 bridgehead atoms. The summed E-state index contributed by atoms with van der Waals surface area (Å²) in [6.07, 6.45) is 6.68. The molecule has 2 rings (SSSR count). The number of nitrogens with zero attached hydrogens (tertiary/aromatic N) is 1. The smallest absolute Gasteiger partial charge is 0.181 e. The number of oxazole rings is 1. The molecule has 3 heteroatoms. The Bertz CT molecular complexity index is 321. The van der Waals surface area contributed by atoms with Gasteiger partial charge in [0.1, 0.15) is 5.76 Å². The molecule has 1 aliphatic rings. The normalized spacial score (nSPS) is 25.1. The fourth-order valence-corrected chi connectivity index (χ4v) is 2.63. The van der Waals surface area contributed by atoms with Crippen LogP contribution < -0.4 is 5.32 Å². The fraction of sp³-hybridized carbons (Fsp3) is 0.769. The van der Waals surface area contributed by atoms with Crippen molar-refractivity contribution < 1.29 is 4.42 Å². The van der Waals surface area contributed by atoms with Crippen LogP contribution in [0.2, 0.25) is 0 Å². The van der Waals surface area contributed by atoms with E-state index in [1.165, 1.54) is 19.3 Å². The zero-order valence-electron chi connectivity index (χ0n) is 10.3. The van der Waals surface area contributed by atoms with E-state index >= 15 is 0 Å². The largest absolute Gasteiger partial charge is 0.448 e. The third-order valence-electron chi connectivity index (χ3n) is 3.59. The van der Waals surface area contributed by atoms with E-state index in [1.807, 2.05) is 0 Å². The molecule has 2 unspecified atom stereocenters. The monoisotopic (exact) mass is 222 g/mol. The summed E-state index contributed by atoms with van der Waals surface area (Å²) < 4.78 is 5.60. The minimum absolute atomic E-state index is 0.598. The standard InChI is InChI=1S/C13H22N2O/c1-3-7-14-8-12-13(16-9-15-12)11-6-4-5-10(11)2/h9-11,14H,3-8H2,1-2H3. The van der Waals surface area contributed by atoms with E-state index in [2.05, 4.69) is 24.1 Å². The molecule has 1 aromatic rings. The maximum Gasteiger partial charge on any atom is 0.181 e. The van der Waals surface area contributed by atoms with Crippen LogP contribution in [-0.4, -0.2) is 11.5 Å². The van der Waals surface area contributed by atoms with Crippen LogP contribution in [0.3, 0.4) is 0 Å². The third-order valence-corrected chi connectivity index (χ3v) is 3.59. The molecule has 2 atom stereocenters. The maximum atomic E-state index is 5.60. The Labute approximate surface area is 97.6 Å². The predicted molar refractivity (Wildman–Crippen MR) is 64.3 cm³/mol. The van der Waals surface area contributed by atoms with Crippen LogP contribution in [0.15, 0.2) is 10.8 Å². The maximum absolute atomic E-state index is 5.60. The summed E-state index contributed by atoms with van der Waals surface area (Å²) in [5, 5.41) is 3.39. The van der Waals surface area contributed by atoms with Gasteiger partial charge in [-0.15, -0.1) is 0 Å². The first-order valence-electron chi connectivity index (χ1n) is 6.46. The number of aromatic nitrogens is 1. The summed E-state index contributed by atoms with van der Waals surface area (Å²) in [5.74, 6) is 2.48. The van der Waals surface area contributed by atoms with E-state index in [0.717, 1.165) is 36.9 Å². The van der Waals surface area contributed by atoms with Gasteiger partial charge in [-0.05, 0) is 31.7 Å². The van der Waals surface area contributed by atoms with Gasteiger partial charge in [0.2, 0.25) is 0 Å². The molecule has 1 saturated carbocycles. The van der Waals surface area contributed by atoms with E-state index in [0.29, 0.717) is 5.92 Å². The van der Waals surface area contributed by atoms with Crippen LogP contribution in [-0.2, 0) is 6.54 Å². The summed E-state index contributed by atoms with van der Waals surface area (Å²) in [6.45, 7) is 6.40. The molecule has 1 aromatic heterocycles. The van der Waals surface area contributed by atoms with Gasteiger partial charge in [0.05, 0.1) is 5.69 Å². The highest BCUT2D eigenvalue weighted by Crippen LogP contribution is 2.40. The van der Waals surface area contributed by atoms with E-state index in [9.17, 15) is 0 Å². The lowest BCUT2D eigenvalue weighted by Crippen LogP contribution is -2.16. The summed E-state index contributed by atoms with van der Waals surface area (Å²) in [4.78, 5) is 4.34. The highest BCUT2D eigenvalue weighted by Gasteiger charge is 2.29. The minimum Gasteiger partial charge on any atom is -0.448 e. The van der Waals surface area contributed by atoms with Crippen molar-refractivity contribution in [1.29, 1.82) is 0 Å². The first-order valence-corrected chi connectivity index (χ1v) is 6.46. The molecular formula is C13H22N2O. The predicted octanol–water partition coefficient (Wildman–Crippen LogP) is 3.08. The van der Waals surface area contributed by atoms with Crippen LogP contribution in [0.25, 0.3) is 0 Å². The number of hydrogen-bond donors (Lipinski definition) is 1. The fourth-order valence-electron chi connectivity index (χ4n) is 2.63. The molecule has 1 fully saturated rings. The van der Waals surface area contributed by atoms with Crippen molar-refractivity contribution in [3.63, 3.8) is 0 Å². The highest BCUT2D eigenvalue weighted by atomic mass is 16.3. The Kier molecular flexibility index (Phi) is 3.99. The molecular weight excluding hydrogens is 200 g/mol. The van der Waals surface area contributed by atoms with Crippen LogP contribution in [0, 0.1) is 5.92 Å². The molecule has 0 amide bonds. The van der Waals surface area contributed by atoms with Gasteiger partial charge in [-0.2, -0.15) is 0 Å².